The molecule has 0 saturated heterocycles. The standard InChI is InChI=1S/C23H21ClN8O/c24-15-3-1-2-14(8-15)16-9-17(16)23(33)29-20-10-19(26-12-27-20)25-11-21-28-22-7-6-18(13-4-5-13)30-32(22)31-21/h1-3,6-8,10,12-13,16-17H,4-5,9,11H2,(H2,25,26,27,29,33)/t16-,17+/m1/s1. The molecule has 2 saturated carbocycles. The highest BCUT2D eigenvalue weighted by atomic mass is 35.5. The molecule has 166 valence electrons. The van der Waals surface area contributed by atoms with Gasteiger partial charge < -0.3 is 10.6 Å². The maximum atomic E-state index is 12.7. The third-order valence-electron chi connectivity index (χ3n) is 6.02. The molecule has 4 aromatic rings. The highest BCUT2D eigenvalue weighted by Crippen LogP contribution is 2.48. The van der Waals surface area contributed by atoms with Crippen molar-refractivity contribution in [2.24, 2.45) is 5.92 Å². The molecule has 6 rings (SSSR count). The van der Waals surface area contributed by atoms with E-state index in [0.29, 0.717) is 40.6 Å². The minimum absolute atomic E-state index is 0.0517. The zero-order chi connectivity index (χ0) is 22.4. The van der Waals surface area contributed by atoms with Gasteiger partial charge >= 0.3 is 0 Å². The van der Waals surface area contributed by atoms with E-state index < -0.39 is 0 Å². The number of anilines is 2. The summed E-state index contributed by atoms with van der Waals surface area (Å²) in [5.74, 6) is 2.27. The van der Waals surface area contributed by atoms with Crippen molar-refractivity contribution in [2.75, 3.05) is 10.6 Å². The largest absolute Gasteiger partial charge is 0.363 e. The Hall–Kier alpha value is -3.59. The molecule has 0 aliphatic heterocycles. The summed E-state index contributed by atoms with van der Waals surface area (Å²) < 4.78 is 1.59. The second-order valence-electron chi connectivity index (χ2n) is 8.54. The van der Waals surface area contributed by atoms with Gasteiger partial charge in [-0.25, -0.2) is 15.0 Å². The molecule has 9 nitrogen and oxygen atoms in total. The topological polar surface area (TPSA) is 110 Å². The summed E-state index contributed by atoms with van der Waals surface area (Å²) in [4.78, 5) is 25.6. The number of nitrogens with one attached hydrogen (secondary N) is 2. The van der Waals surface area contributed by atoms with E-state index in [1.807, 2.05) is 36.4 Å². The zero-order valence-corrected chi connectivity index (χ0v) is 18.4. The number of hydrogen-bond acceptors (Lipinski definition) is 7. The lowest BCUT2D eigenvalue weighted by Gasteiger charge is -2.07. The molecule has 1 aromatic carbocycles. The van der Waals surface area contributed by atoms with Crippen molar-refractivity contribution >= 4 is 34.8 Å². The molecule has 1 amide bonds. The lowest BCUT2D eigenvalue weighted by molar-refractivity contribution is -0.117. The van der Waals surface area contributed by atoms with Gasteiger partial charge in [0.2, 0.25) is 5.91 Å². The minimum atomic E-state index is -0.0787. The second-order valence-corrected chi connectivity index (χ2v) is 8.98. The third kappa shape index (κ3) is 4.36. The van der Waals surface area contributed by atoms with E-state index in [4.69, 9.17) is 11.6 Å². The fourth-order valence-corrected chi connectivity index (χ4v) is 4.21. The SMILES string of the molecule is O=C(Nc1cc(NCc2nc3ccc(C4CC4)nn3n2)ncn1)[C@H]1C[C@@H]1c1cccc(Cl)c1. The first-order valence-electron chi connectivity index (χ1n) is 11.0. The molecule has 33 heavy (non-hydrogen) atoms. The molecule has 3 heterocycles. The Morgan fingerprint density at radius 1 is 1.09 bits per heavy atom. The Morgan fingerprint density at radius 3 is 2.82 bits per heavy atom. The number of aromatic nitrogens is 6. The molecular weight excluding hydrogens is 440 g/mol. The van der Waals surface area contributed by atoms with Crippen LogP contribution in [0, 0.1) is 5.92 Å². The first-order valence-corrected chi connectivity index (χ1v) is 11.4. The van der Waals surface area contributed by atoms with E-state index in [0.717, 1.165) is 17.7 Å². The van der Waals surface area contributed by atoms with Gasteiger partial charge in [-0.2, -0.15) is 5.10 Å². The maximum Gasteiger partial charge on any atom is 0.229 e. The number of benzene rings is 1. The molecule has 0 unspecified atom stereocenters. The first kappa shape index (κ1) is 20.0. The molecule has 3 aromatic heterocycles. The highest BCUT2D eigenvalue weighted by Gasteiger charge is 2.44. The van der Waals surface area contributed by atoms with E-state index >= 15 is 0 Å². The normalized spacial score (nSPS) is 19.4. The van der Waals surface area contributed by atoms with Crippen LogP contribution in [0.4, 0.5) is 11.6 Å². The van der Waals surface area contributed by atoms with Crippen LogP contribution in [0.5, 0.6) is 0 Å². The van der Waals surface area contributed by atoms with Crippen LogP contribution in [0.3, 0.4) is 0 Å². The Morgan fingerprint density at radius 2 is 1.97 bits per heavy atom. The van der Waals surface area contributed by atoms with Crippen LogP contribution in [-0.2, 0) is 11.3 Å². The molecule has 0 spiro atoms. The predicted molar refractivity (Wildman–Crippen MR) is 123 cm³/mol. The van der Waals surface area contributed by atoms with Gasteiger partial charge in [-0.3, -0.25) is 4.79 Å². The number of carbonyl (C=O) groups is 1. The van der Waals surface area contributed by atoms with Gasteiger partial charge in [-0.1, -0.05) is 23.7 Å². The molecule has 2 aliphatic carbocycles. The van der Waals surface area contributed by atoms with Gasteiger partial charge in [0.25, 0.3) is 0 Å². The van der Waals surface area contributed by atoms with Crippen molar-refractivity contribution in [1.29, 1.82) is 0 Å². The predicted octanol–water partition coefficient (Wildman–Crippen LogP) is 3.80. The summed E-state index contributed by atoms with van der Waals surface area (Å²) in [5, 5.41) is 15.8. The van der Waals surface area contributed by atoms with E-state index in [1.165, 1.54) is 19.2 Å². The van der Waals surface area contributed by atoms with Gasteiger partial charge in [-0.05, 0) is 55.0 Å². The summed E-state index contributed by atoms with van der Waals surface area (Å²) in [6.07, 6.45) is 4.60. The van der Waals surface area contributed by atoms with Crippen LogP contribution >= 0.6 is 11.6 Å². The highest BCUT2D eigenvalue weighted by molar-refractivity contribution is 6.30. The average molecular weight is 461 g/mol. The molecule has 2 fully saturated rings. The quantitative estimate of drug-likeness (QED) is 0.431. The number of amides is 1. The number of nitrogens with zero attached hydrogens (tertiary/aromatic N) is 6. The lowest BCUT2D eigenvalue weighted by Crippen LogP contribution is -2.16. The number of rotatable bonds is 7. The van der Waals surface area contributed by atoms with Crippen LogP contribution in [0.15, 0.2) is 48.8 Å². The summed E-state index contributed by atoms with van der Waals surface area (Å²) in [6, 6.07) is 13.3. The van der Waals surface area contributed by atoms with E-state index in [2.05, 4.69) is 35.8 Å². The van der Waals surface area contributed by atoms with Crippen molar-refractivity contribution in [3.05, 3.63) is 70.9 Å². The van der Waals surface area contributed by atoms with E-state index in [1.54, 1.807) is 10.7 Å². The van der Waals surface area contributed by atoms with Gasteiger partial charge in [0.15, 0.2) is 11.5 Å². The average Bonchev–Trinajstić information content (AvgIpc) is 3.74. The van der Waals surface area contributed by atoms with Crippen LogP contribution in [0.2, 0.25) is 5.02 Å². The van der Waals surface area contributed by atoms with Crippen molar-refractivity contribution in [1.82, 2.24) is 29.8 Å². The molecule has 2 aliphatic rings. The van der Waals surface area contributed by atoms with Crippen LogP contribution < -0.4 is 10.6 Å². The van der Waals surface area contributed by atoms with Gasteiger partial charge in [0, 0.05) is 22.9 Å². The van der Waals surface area contributed by atoms with Gasteiger partial charge in [0.1, 0.15) is 18.0 Å². The smallest absolute Gasteiger partial charge is 0.229 e. The number of hydrogen-bond donors (Lipinski definition) is 2. The molecule has 0 radical (unpaired) electrons. The van der Waals surface area contributed by atoms with E-state index in [9.17, 15) is 4.79 Å². The van der Waals surface area contributed by atoms with E-state index in [-0.39, 0.29) is 17.7 Å². The van der Waals surface area contributed by atoms with Crippen molar-refractivity contribution in [2.45, 2.75) is 37.6 Å². The summed E-state index contributed by atoms with van der Waals surface area (Å²) in [7, 11) is 0. The summed E-state index contributed by atoms with van der Waals surface area (Å²) >= 11 is 6.07. The fraction of sp³-hybridized carbons (Fsp3) is 0.304. The van der Waals surface area contributed by atoms with Gasteiger partial charge in [0.05, 0.1) is 12.2 Å². The minimum Gasteiger partial charge on any atom is -0.363 e. The van der Waals surface area contributed by atoms with Crippen molar-refractivity contribution in [3.8, 4) is 0 Å². The molecule has 10 heteroatoms. The Kier molecular flexibility index (Phi) is 4.91. The third-order valence-corrected chi connectivity index (χ3v) is 6.25. The summed E-state index contributed by atoms with van der Waals surface area (Å²) in [5.41, 5.74) is 2.87. The van der Waals surface area contributed by atoms with Crippen molar-refractivity contribution in [3.63, 3.8) is 0 Å². The number of carbonyl (C=O) groups excluding carboxylic acids is 1. The summed E-state index contributed by atoms with van der Waals surface area (Å²) in [6.45, 7) is 0.381. The van der Waals surface area contributed by atoms with Gasteiger partial charge in [-0.15, -0.1) is 9.73 Å². The fourth-order valence-electron chi connectivity index (χ4n) is 4.01. The Bertz CT molecular complexity index is 1350. The maximum absolute atomic E-state index is 12.7. The van der Waals surface area contributed by atoms with Crippen LogP contribution in [0.1, 0.15) is 48.2 Å². The molecule has 2 atom stereocenters. The number of fused-ring (bicyclic) bond motifs is 1. The molecular formula is C23H21ClN8O. The number of halogens is 1. The monoisotopic (exact) mass is 460 g/mol. The zero-order valence-electron chi connectivity index (χ0n) is 17.6. The van der Waals surface area contributed by atoms with Crippen molar-refractivity contribution < 1.29 is 4.79 Å². The Labute approximate surface area is 194 Å². The Balaban J connectivity index is 1.08. The lowest BCUT2D eigenvalue weighted by atomic mass is 10.1. The molecule has 0 bridgehead atoms. The van der Waals surface area contributed by atoms with Crippen LogP contribution in [0.25, 0.3) is 5.65 Å². The first-order chi connectivity index (χ1) is 16.1. The van der Waals surface area contributed by atoms with Crippen LogP contribution in [-0.4, -0.2) is 35.7 Å². The molecule has 2 N–H and O–H groups in total. The second kappa shape index (κ2) is 8.08.